The molecule has 0 saturated carbocycles. The summed E-state index contributed by atoms with van der Waals surface area (Å²) in [5, 5.41) is 21.0. The third-order valence-electron chi connectivity index (χ3n) is 11.6. The van der Waals surface area contributed by atoms with Crippen molar-refractivity contribution < 1.29 is 88.4 Å². The average Bonchev–Trinajstić information content (AvgIpc) is 3.53. The number of esters is 1. The van der Waals surface area contributed by atoms with Gasteiger partial charge in [0.25, 0.3) is 5.82 Å². The fourth-order valence-electron chi connectivity index (χ4n) is 7.65. The summed E-state index contributed by atoms with van der Waals surface area (Å²) >= 11 is 0. The SMILES string of the molecule is CCOc1c(C#N)c(N)cc(NC(=O)Cc2cc(OC)ccc2OC)[n+]1Cc1ccc(NC(=O)[C@H](CCCNC(N)=O)CC(=O)[C@@H](NC(=O)CCOCCOCCOCCC(=O)Oc2c(F)c(F)c(F)c(F)c2F)C(C)C)cc1.[CH3-]. The molecule has 3 aromatic carbocycles. The molecule has 8 N–H and O–H groups in total. The van der Waals surface area contributed by atoms with E-state index in [-0.39, 0.29) is 128 Å². The van der Waals surface area contributed by atoms with Gasteiger partial charge in [0, 0.05) is 36.6 Å². The number of rotatable bonds is 33. The quantitative estimate of drug-likeness (QED) is 0.00483. The number of ether oxygens (including phenoxy) is 7. The van der Waals surface area contributed by atoms with E-state index >= 15 is 0 Å². The molecule has 26 heteroatoms. The van der Waals surface area contributed by atoms with Gasteiger partial charge in [-0.25, -0.2) is 28.1 Å². The van der Waals surface area contributed by atoms with E-state index in [0.29, 0.717) is 28.3 Å². The second-order valence-corrected chi connectivity index (χ2v) is 17.7. The average molecular weight is 1130 g/mol. The number of nitrogen functional groups attached to an aromatic ring is 1. The number of nitrogens with one attached hydrogen (secondary N) is 4. The lowest BCUT2D eigenvalue weighted by Gasteiger charge is -2.24. The molecule has 21 nitrogen and oxygen atoms in total. The van der Waals surface area contributed by atoms with E-state index in [1.54, 1.807) is 67.8 Å². The molecule has 0 radical (unpaired) electrons. The minimum Gasteiger partial charge on any atom is -0.497 e. The van der Waals surface area contributed by atoms with E-state index in [0.717, 1.165) is 0 Å². The van der Waals surface area contributed by atoms with Gasteiger partial charge in [0.2, 0.25) is 46.6 Å². The first-order valence-corrected chi connectivity index (χ1v) is 24.8. The first-order valence-electron chi connectivity index (χ1n) is 24.8. The lowest BCUT2D eigenvalue weighted by atomic mass is 9.89. The Bertz CT molecular complexity index is 2790. The van der Waals surface area contributed by atoms with Crippen LogP contribution in [-0.2, 0) is 51.1 Å². The van der Waals surface area contributed by atoms with Crippen LogP contribution in [0.25, 0.3) is 0 Å². The van der Waals surface area contributed by atoms with Gasteiger partial charge in [-0.15, -0.1) is 0 Å². The zero-order valence-electron chi connectivity index (χ0n) is 45.2. The number of amides is 5. The highest BCUT2D eigenvalue weighted by molar-refractivity contribution is 5.97. The molecular formula is C54H67F5N8O13. The van der Waals surface area contributed by atoms with Crippen molar-refractivity contribution in [1.29, 1.82) is 5.26 Å². The van der Waals surface area contributed by atoms with Gasteiger partial charge in [0.05, 0.1) is 91.1 Å². The van der Waals surface area contributed by atoms with Gasteiger partial charge in [-0.1, -0.05) is 26.0 Å². The Kier molecular flexibility index (Phi) is 27.5. The van der Waals surface area contributed by atoms with Crippen molar-refractivity contribution in [3.05, 3.63) is 102 Å². The van der Waals surface area contributed by atoms with E-state index in [9.17, 15) is 56.0 Å². The van der Waals surface area contributed by atoms with Crippen molar-refractivity contribution >= 4 is 52.7 Å². The molecule has 80 heavy (non-hydrogen) atoms. The Morgan fingerprint density at radius 3 is 1.96 bits per heavy atom. The van der Waals surface area contributed by atoms with Gasteiger partial charge >= 0.3 is 23.8 Å². The zero-order valence-corrected chi connectivity index (χ0v) is 45.2. The summed E-state index contributed by atoms with van der Waals surface area (Å²) in [5.74, 6) is -16.3. The smallest absolute Gasteiger partial charge is 0.313 e. The highest BCUT2D eigenvalue weighted by Crippen LogP contribution is 2.30. The van der Waals surface area contributed by atoms with Gasteiger partial charge in [0.1, 0.15) is 24.1 Å². The molecule has 436 valence electrons. The summed E-state index contributed by atoms with van der Waals surface area (Å²) in [7, 11) is 2.99. The number of nitrogens with zero attached hydrogens (tertiary/aromatic N) is 2. The molecule has 1 heterocycles. The number of hydrogen-bond acceptors (Lipinski definition) is 15. The number of primary amides is 1. The van der Waals surface area contributed by atoms with Crippen LogP contribution in [0.5, 0.6) is 23.1 Å². The number of aromatic nitrogens is 1. The number of halogens is 5. The number of carbonyl (C=O) groups is 6. The van der Waals surface area contributed by atoms with Crippen molar-refractivity contribution in [2.75, 3.05) is 83.4 Å². The highest BCUT2D eigenvalue weighted by atomic mass is 19.2. The molecule has 0 aliphatic carbocycles. The van der Waals surface area contributed by atoms with Gasteiger partial charge in [-0.3, -0.25) is 19.2 Å². The van der Waals surface area contributed by atoms with E-state index in [1.165, 1.54) is 20.3 Å². The van der Waals surface area contributed by atoms with E-state index in [1.807, 2.05) is 0 Å². The monoisotopic (exact) mass is 1130 g/mol. The van der Waals surface area contributed by atoms with Crippen LogP contribution in [0.1, 0.15) is 69.6 Å². The Labute approximate surface area is 459 Å². The number of Topliss-reactive ketones (excluding diaryl/α,β-unsaturated/α-hetero) is 1. The molecule has 2 atom stereocenters. The van der Waals surface area contributed by atoms with Crippen molar-refractivity contribution in [3.63, 3.8) is 0 Å². The fraction of sp³-hybridized carbons (Fsp3) is 0.426. The highest BCUT2D eigenvalue weighted by Gasteiger charge is 2.32. The first-order chi connectivity index (χ1) is 37.7. The number of hydrogen-bond donors (Lipinski definition) is 6. The number of nitrogens with two attached hydrogens (primary N) is 2. The van der Waals surface area contributed by atoms with Crippen molar-refractivity contribution in [2.24, 2.45) is 17.6 Å². The topological polar surface area (TPSA) is 295 Å². The van der Waals surface area contributed by atoms with Crippen molar-refractivity contribution in [3.8, 4) is 29.2 Å². The predicted octanol–water partition coefficient (Wildman–Crippen LogP) is 5.76. The largest absolute Gasteiger partial charge is 0.497 e. The van der Waals surface area contributed by atoms with Crippen LogP contribution in [0.4, 0.5) is 43.9 Å². The van der Waals surface area contributed by atoms with Gasteiger partial charge in [-0.2, -0.15) is 18.6 Å². The minimum atomic E-state index is -2.39. The van der Waals surface area contributed by atoms with Crippen LogP contribution >= 0.6 is 0 Å². The molecule has 0 aliphatic rings. The van der Waals surface area contributed by atoms with Crippen LogP contribution in [0.15, 0.2) is 48.5 Å². The molecule has 4 rings (SSSR count). The third-order valence-corrected chi connectivity index (χ3v) is 11.6. The number of anilines is 3. The molecule has 0 bridgehead atoms. The first kappa shape index (κ1) is 66.1. The summed E-state index contributed by atoms with van der Waals surface area (Å²) in [6, 6.07) is 13.6. The second kappa shape index (κ2) is 33.3. The van der Waals surface area contributed by atoms with Crippen LogP contribution in [-0.4, -0.2) is 109 Å². The number of methoxy groups -OCH3 is 2. The van der Waals surface area contributed by atoms with Gasteiger partial charge < -0.3 is 68.0 Å². The molecule has 0 unspecified atom stereocenters. The molecular weight excluding hydrogens is 1060 g/mol. The molecule has 5 amide bonds. The number of pyridine rings is 1. The number of ketones is 1. The number of urea groups is 1. The Balaban J connectivity index is 0.0000168. The second-order valence-electron chi connectivity index (χ2n) is 17.7. The maximum absolute atomic E-state index is 13.9. The lowest BCUT2D eigenvalue weighted by molar-refractivity contribution is -0.679. The molecule has 4 aromatic rings. The van der Waals surface area contributed by atoms with Crippen molar-refractivity contribution in [2.45, 2.75) is 71.9 Å². The van der Waals surface area contributed by atoms with Crippen LogP contribution in [0.3, 0.4) is 0 Å². The van der Waals surface area contributed by atoms with Crippen LogP contribution in [0, 0.1) is 59.7 Å². The van der Waals surface area contributed by atoms with Crippen molar-refractivity contribution in [1.82, 2.24) is 10.6 Å². The van der Waals surface area contributed by atoms with Gasteiger partial charge in [0.15, 0.2) is 11.3 Å². The third kappa shape index (κ3) is 19.9. The lowest BCUT2D eigenvalue weighted by Crippen LogP contribution is -2.45. The maximum Gasteiger partial charge on any atom is 0.313 e. The predicted molar refractivity (Wildman–Crippen MR) is 280 cm³/mol. The van der Waals surface area contributed by atoms with Crippen LogP contribution in [0.2, 0.25) is 0 Å². The van der Waals surface area contributed by atoms with Gasteiger partial charge in [-0.05, 0) is 61.6 Å². The van der Waals surface area contributed by atoms with E-state index < -0.39 is 88.7 Å². The Morgan fingerprint density at radius 1 is 0.775 bits per heavy atom. The van der Waals surface area contributed by atoms with E-state index in [4.69, 9.17) is 39.9 Å². The number of benzene rings is 3. The van der Waals surface area contributed by atoms with Crippen LogP contribution < -0.4 is 56.2 Å². The molecule has 0 spiro atoms. The Hall–Kier alpha value is -8.15. The summed E-state index contributed by atoms with van der Waals surface area (Å²) in [4.78, 5) is 77.5. The normalized spacial score (nSPS) is 11.6. The Morgan fingerprint density at radius 2 is 1.39 bits per heavy atom. The molecule has 0 fully saturated rings. The molecule has 0 saturated heterocycles. The van der Waals surface area contributed by atoms with E-state index in [2.05, 4.69) is 32.1 Å². The molecule has 1 aromatic heterocycles. The maximum atomic E-state index is 13.9. The summed E-state index contributed by atoms with van der Waals surface area (Å²) < 4.78 is 106. The minimum absolute atomic E-state index is 0. The molecule has 0 aliphatic heterocycles. The fourth-order valence-corrected chi connectivity index (χ4v) is 7.65. The number of carbonyl (C=O) groups excluding carboxylic acids is 6. The number of nitriles is 1. The summed E-state index contributed by atoms with van der Waals surface area (Å²) in [5.41, 5.74) is 13.2. The summed E-state index contributed by atoms with van der Waals surface area (Å²) in [6.45, 7) is 5.29. The summed E-state index contributed by atoms with van der Waals surface area (Å²) in [6.07, 6.45) is -0.623. The standard InChI is InChI=1S/C53H63F5N8O13.CH3/c1-6-78-52-36(28-59)37(60)27-40(64-42(69)26-33-24-35(73-4)13-14-39(33)74-5)66(52)29-31-9-11-34(12-10-31)63-51(71)32(8-7-17-62-53(61)72)25-38(67)49(30(2)3)65-41(68)15-18-75-20-22-77-23-21-76-19-16-43(70)79-50-47(57)45(55)44(54)46(56)48(50)58;/h9-14,24,27,30,32,49H,6-8,15-23,25-26,29H2,1-5H3,(H7,60,61,62,63,64,65,68,69,71,72);1H3/q;-1/p+1/t32-,49+;/m1./s1. The zero-order chi connectivity index (χ0) is 58.2.